The van der Waals surface area contributed by atoms with Gasteiger partial charge in [-0.15, -0.1) is 0 Å². The van der Waals surface area contributed by atoms with E-state index < -0.39 is 17.8 Å². The van der Waals surface area contributed by atoms with Crippen LogP contribution in [0.4, 0.5) is 5.69 Å². The van der Waals surface area contributed by atoms with E-state index in [4.69, 9.17) is 16.7 Å². The number of amides is 2. The van der Waals surface area contributed by atoms with Crippen LogP contribution in [-0.2, 0) is 9.59 Å². The molecule has 2 amide bonds. The fraction of sp³-hybridized carbons (Fsp3) is 0.0588. The van der Waals surface area contributed by atoms with E-state index in [9.17, 15) is 14.4 Å². The summed E-state index contributed by atoms with van der Waals surface area (Å²) in [5.41, 5.74) is 3.99. The monoisotopic (exact) mass is 359 g/mol. The molecule has 0 heterocycles. The maximum Gasteiger partial charge on any atom is 0.335 e. The first-order valence-electron chi connectivity index (χ1n) is 7.10. The highest BCUT2D eigenvalue weighted by atomic mass is 35.5. The highest BCUT2D eigenvalue weighted by Crippen LogP contribution is 2.19. The Morgan fingerprint density at radius 3 is 2.36 bits per heavy atom. The molecule has 0 saturated heterocycles. The third kappa shape index (κ3) is 5.15. The number of nitrogens with one attached hydrogen (secondary N) is 2. The number of aromatic carboxylic acids is 1. The Morgan fingerprint density at radius 1 is 1.08 bits per heavy atom. The van der Waals surface area contributed by atoms with Crippen molar-refractivity contribution in [3.63, 3.8) is 0 Å². The lowest BCUT2D eigenvalue weighted by Crippen LogP contribution is -2.32. The first-order valence-corrected chi connectivity index (χ1v) is 7.48. The van der Waals surface area contributed by atoms with Gasteiger partial charge in [0.25, 0.3) is 0 Å². The molecular formula is C17H14ClN3O4. The number of carboxylic acids is 1. The standard InChI is InChI=1S/C17H14ClN3O4/c1-10-8-13(18)6-7-14(10)20-15(22)16(23)21-19-9-11-2-4-12(5-3-11)17(24)25/h2-9H,1H3,(H,20,22)(H,21,23)(H,24,25)/b19-9-. The number of carbonyl (C=O) groups excluding carboxylic acids is 2. The largest absolute Gasteiger partial charge is 0.478 e. The van der Waals surface area contributed by atoms with Crippen LogP contribution in [0.25, 0.3) is 0 Å². The molecule has 0 spiro atoms. The van der Waals surface area contributed by atoms with Gasteiger partial charge in [-0.1, -0.05) is 23.7 Å². The first kappa shape index (κ1) is 18.2. The van der Waals surface area contributed by atoms with Crippen molar-refractivity contribution in [2.45, 2.75) is 6.92 Å². The van der Waals surface area contributed by atoms with Crippen molar-refractivity contribution >= 4 is 41.3 Å². The number of rotatable bonds is 4. The summed E-state index contributed by atoms with van der Waals surface area (Å²) in [5, 5.41) is 15.4. The third-order valence-electron chi connectivity index (χ3n) is 3.18. The Morgan fingerprint density at radius 2 is 1.76 bits per heavy atom. The van der Waals surface area contributed by atoms with Gasteiger partial charge >= 0.3 is 17.8 Å². The zero-order valence-corrected chi connectivity index (χ0v) is 13.9. The van der Waals surface area contributed by atoms with Crippen molar-refractivity contribution in [2.24, 2.45) is 5.10 Å². The van der Waals surface area contributed by atoms with Gasteiger partial charge in [0.05, 0.1) is 11.8 Å². The van der Waals surface area contributed by atoms with Crippen LogP contribution in [0.5, 0.6) is 0 Å². The van der Waals surface area contributed by atoms with E-state index in [1.165, 1.54) is 30.5 Å². The predicted molar refractivity (Wildman–Crippen MR) is 94.0 cm³/mol. The number of carbonyl (C=O) groups is 3. The number of hydrogen-bond donors (Lipinski definition) is 3. The Labute approximate surface area is 148 Å². The molecule has 2 aromatic carbocycles. The summed E-state index contributed by atoms with van der Waals surface area (Å²) in [6, 6.07) is 10.7. The van der Waals surface area contributed by atoms with Crippen molar-refractivity contribution in [2.75, 3.05) is 5.32 Å². The highest BCUT2D eigenvalue weighted by molar-refractivity contribution is 6.39. The summed E-state index contributed by atoms with van der Waals surface area (Å²) < 4.78 is 0. The van der Waals surface area contributed by atoms with E-state index in [1.54, 1.807) is 25.1 Å². The number of hydrogen-bond acceptors (Lipinski definition) is 4. The molecule has 0 aliphatic rings. The summed E-state index contributed by atoms with van der Waals surface area (Å²) in [6.45, 7) is 1.75. The van der Waals surface area contributed by atoms with E-state index >= 15 is 0 Å². The zero-order valence-electron chi connectivity index (χ0n) is 13.1. The second-order valence-electron chi connectivity index (χ2n) is 5.04. The molecule has 8 heteroatoms. The highest BCUT2D eigenvalue weighted by Gasteiger charge is 2.14. The number of benzene rings is 2. The maximum absolute atomic E-state index is 11.8. The Hall–Kier alpha value is -3.19. The second kappa shape index (κ2) is 8.07. The maximum atomic E-state index is 11.8. The van der Waals surface area contributed by atoms with E-state index in [2.05, 4.69) is 15.8 Å². The van der Waals surface area contributed by atoms with Crippen molar-refractivity contribution in [1.29, 1.82) is 0 Å². The minimum absolute atomic E-state index is 0.138. The molecule has 0 saturated carbocycles. The summed E-state index contributed by atoms with van der Waals surface area (Å²) in [4.78, 5) is 34.3. The number of hydrazone groups is 1. The van der Waals surface area contributed by atoms with Crippen LogP contribution < -0.4 is 10.7 Å². The summed E-state index contributed by atoms with van der Waals surface area (Å²) >= 11 is 5.83. The molecule has 0 bridgehead atoms. The number of carboxylic acid groups (broad SMARTS) is 1. The topological polar surface area (TPSA) is 108 Å². The Bertz CT molecular complexity index is 847. The molecule has 0 radical (unpaired) electrons. The lowest BCUT2D eigenvalue weighted by Gasteiger charge is -2.07. The molecule has 0 aromatic heterocycles. The van der Waals surface area contributed by atoms with E-state index in [0.29, 0.717) is 16.3 Å². The van der Waals surface area contributed by atoms with Gasteiger partial charge in [-0.2, -0.15) is 5.10 Å². The minimum atomic E-state index is -1.04. The third-order valence-corrected chi connectivity index (χ3v) is 3.42. The fourth-order valence-electron chi connectivity index (χ4n) is 1.87. The van der Waals surface area contributed by atoms with Crippen LogP contribution in [0.1, 0.15) is 21.5 Å². The van der Waals surface area contributed by atoms with Gasteiger partial charge in [0.15, 0.2) is 0 Å². The van der Waals surface area contributed by atoms with Crippen LogP contribution in [0.3, 0.4) is 0 Å². The van der Waals surface area contributed by atoms with Crippen LogP contribution in [0, 0.1) is 6.92 Å². The normalized spacial score (nSPS) is 10.5. The minimum Gasteiger partial charge on any atom is -0.478 e. The predicted octanol–water partition coefficient (Wildman–Crippen LogP) is 2.44. The molecule has 25 heavy (non-hydrogen) atoms. The molecule has 0 aliphatic carbocycles. The molecule has 0 aliphatic heterocycles. The molecule has 3 N–H and O–H groups in total. The lowest BCUT2D eigenvalue weighted by atomic mass is 10.1. The number of halogens is 1. The average Bonchev–Trinajstić information content (AvgIpc) is 2.57. The van der Waals surface area contributed by atoms with Gasteiger partial charge < -0.3 is 10.4 Å². The SMILES string of the molecule is Cc1cc(Cl)ccc1NC(=O)C(=O)N/N=C\c1ccc(C(=O)O)cc1. The van der Waals surface area contributed by atoms with Gasteiger partial charge in [0, 0.05) is 10.7 Å². The Kier molecular flexibility index (Phi) is 5.86. The van der Waals surface area contributed by atoms with Crippen molar-refractivity contribution in [3.8, 4) is 0 Å². The lowest BCUT2D eigenvalue weighted by molar-refractivity contribution is -0.136. The molecule has 2 aromatic rings. The summed E-state index contributed by atoms with van der Waals surface area (Å²) in [5.74, 6) is -2.84. The number of nitrogens with zero attached hydrogens (tertiary/aromatic N) is 1. The van der Waals surface area contributed by atoms with Gasteiger partial charge in [-0.25, -0.2) is 10.2 Å². The summed E-state index contributed by atoms with van der Waals surface area (Å²) in [7, 11) is 0. The van der Waals surface area contributed by atoms with Gasteiger partial charge in [-0.3, -0.25) is 9.59 Å². The zero-order chi connectivity index (χ0) is 18.4. The van der Waals surface area contributed by atoms with Crippen molar-refractivity contribution in [3.05, 3.63) is 64.2 Å². The van der Waals surface area contributed by atoms with Crippen LogP contribution in [0.15, 0.2) is 47.6 Å². The van der Waals surface area contributed by atoms with E-state index in [-0.39, 0.29) is 5.56 Å². The first-order chi connectivity index (χ1) is 11.9. The van der Waals surface area contributed by atoms with Gasteiger partial charge in [-0.05, 0) is 48.4 Å². The number of aryl methyl sites for hydroxylation is 1. The van der Waals surface area contributed by atoms with Crippen molar-refractivity contribution < 1.29 is 19.5 Å². The van der Waals surface area contributed by atoms with Gasteiger partial charge in [0.1, 0.15) is 0 Å². The number of anilines is 1. The molecule has 0 atom stereocenters. The molecule has 0 unspecified atom stereocenters. The Balaban J connectivity index is 1.92. The van der Waals surface area contributed by atoms with Crippen LogP contribution >= 0.6 is 11.6 Å². The quantitative estimate of drug-likeness (QED) is 0.442. The fourth-order valence-corrected chi connectivity index (χ4v) is 2.10. The molecule has 0 fully saturated rings. The van der Waals surface area contributed by atoms with Crippen LogP contribution in [0.2, 0.25) is 5.02 Å². The van der Waals surface area contributed by atoms with E-state index in [0.717, 1.165) is 5.56 Å². The van der Waals surface area contributed by atoms with Crippen LogP contribution in [-0.4, -0.2) is 29.1 Å². The smallest absolute Gasteiger partial charge is 0.335 e. The molecule has 2 rings (SSSR count). The van der Waals surface area contributed by atoms with Gasteiger partial charge in [0.2, 0.25) is 0 Å². The molecule has 7 nitrogen and oxygen atoms in total. The summed E-state index contributed by atoms with van der Waals surface area (Å²) in [6.07, 6.45) is 1.30. The molecule has 128 valence electrons. The van der Waals surface area contributed by atoms with E-state index in [1.807, 2.05) is 0 Å². The average molecular weight is 360 g/mol. The molecular weight excluding hydrogens is 346 g/mol. The van der Waals surface area contributed by atoms with Crippen molar-refractivity contribution in [1.82, 2.24) is 5.43 Å². The second-order valence-corrected chi connectivity index (χ2v) is 5.48.